The number of aliphatic hydroxyl groups excluding tert-OH is 2. The first-order chi connectivity index (χ1) is 15.3. The second-order valence-electron chi connectivity index (χ2n) is 9.43. The van der Waals surface area contributed by atoms with Crippen molar-refractivity contribution < 1.29 is 24.5 Å². The molecule has 0 radical (unpaired) electrons. The van der Waals surface area contributed by atoms with Crippen molar-refractivity contribution >= 4 is 5.91 Å². The Morgan fingerprint density at radius 3 is 2.50 bits per heavy atom. The molecule has 6 nitrogen and oxygen atoms in total. The Kier molecular flexibility index (Phi) is 6.45. The van der Waals surface area contributed by atoms with Crippen LogP contribution >= 0.6 is 0 Å². The zero-order chi connectivity index (χ0) is 22.9. The van der Waals surface area contributed by atoms with E-state index in [0.717, 1.165) is 5.56 Å². The highest BCUT2D eigenvalue weighted by Crippen LogP contribution is 2.47. The van der Waals surface area contributed by atoms with Crippen LogP contribution in [-0.2, 0) is 4.79 Å². The van der Waals surface area contributed by atoms with Gasteiger partial charge in [-0.1, -0.05) is 43.3 Å². The fraction of sp³-hybridized carbons (Fsp3) is 0.500. The fourth-order valence-electron chi connectivity index (χ4n) is 4.56. The standard InChI is InChI=1S/C26H33NO5/c1-17(28)26(2)16-27(25(30)24(29)19-7-5-4-6-8-19)14-21(26)20-11-12-22(31-3)23(13-20)32-15-18-9-10-18/h4-8,11-13,17-18,21,24,28-29H,9-10,14-16H2,1-3H3/t17-,21+,24?,26+/m1/s1. The third-order valence-electron chi connectivity index (χ3n) is 7.11. The minimum absolute atomic E-state index is 0.108. The molecule has 1 aliphatic carbocycles. The molecule has 0 spiro atoms. The van der Waals surface area contributed by atoms with Gasteiger partial charge in [0.2, 0.25) is 0 Å². The Morgan fingerprint density at radius 2 is 1.88 bits per heavy atom. The van der Waals surface area contributed by atoms with Crippen molar-refractivity contribution in [3.63, 3.8) is 0 Å². The number of carbonyl (C=O) groups is 1. The van der Waals surface area contributed by atoms with E-state index in [0.29, 0.717) is 42.7 Å². The molecule has 1 amide bonds. The molecule has 1 aliphatic heterocycles. The summed E-state index contributed by atoms with van der Waals surface area (Å²) in [6.07, 6.45) is 0.537. The summed E-state index contributed by atoms with van der Waals surface area (Å²) in [5.74, 6) is 1.54. The number of ether oxygens (including phenoxy) is 2. The number of methoxy groups -OCH3 is 1. The van der Waals surface area contributed by atoms with E-state index in [9.17, 15) is 15.0 Å². The second kappa shape index (κ2) is 9.12. The highest BCUT2D eigenvalue weighted by atomic mass is 16.5. The van der Waals surface area contributed by atoms with Crippen LogP contribution in [0.1, 0.15) is 49.8 Å². The molecule has 1 heterocycles. The highest BCUT2D eigenvalue weighted by molar-refractivity contribution is 5.82. The lowest BCUT2D eigenvalue weighted by Crippen LogP contribution is -2.39. The van der Waals surface area contributed by atoms with Gasteiger partial charge < -0.3 is 24.6 Å². The van der Waals surface area contributed by atoms with Crippen LogP contribution in [0.15, 0.2) is 48.5 Å². The molecular weight excluding hydrogens is 406 g/mol. The molecule has 0 aromatic heterocycles. The SMILES string of the molecule is COc1ccc([C@@H]2CN(C(=O)C(O)c3ccccc3)C[C@@]2(C)[C@@H](C)O)cc1OCC1CC1. The summed E-state index contributed by atoms with van der Waals surface area (Å²) in [5, 5.41) is 21.4. The lowest BCUT2D eigenvalue weighted by atomic mass is 9.72. The minimum atomic E-state index is -1.22. The average molecular weight is 440 g/mol. The predicted octanol–water partition coefficient (Wildman–Crippen LogP) is 3.53. The average Bonchev–Trinajstić information content (AvgIpc) is 3.57. The van der Waals surface area contributed by atoms with Crippen LogP contribution in [-0.4, -0.2) is 53.9 Å². The number of hydrogen-bond acceptors (Lipinski definition) is 5. The lowest BCUT2D eigenvalue weighted by molar-refractivity contribution is -0.140. The van der Waals surface area contributed by atoms with Crippen molar-refractivity contribution in [3.8, 4) is 11.5 Å². The van der Waals surface area contributed by atoms with Gasteiger partial charge in [0, 0.05) is 24.4 Å². The first-order valence-corrected chi connectivity index (χ1v) is 11.3. The van der Waals surface area contributed by atoms with E-state index in [4.69, 9.17) is 9.47 Å². The maximum atomic E-state index is 13.1. The smallest absolute Gasteiger partial charge is 0.256 e. The molecule has 4 atom stereocenters. The van der Waals surface area contributed by atoms with Crippen LogP contribution in [0.5, 0.6) is 11.5 Å². The van der Waals surface area contributed by atoms with Crippen molar-refractivity contribution in [2.24, 2.45) is 11.3 Å². The number of nitrogens with zero attached hydrogens (tertiary/aromatic N) is 1. The molecule has 2 fully saturated rings. The van der Waals surface area contributed by atoms with Crippen molar-refractivity contribution in [1.29, 1.82) is 0 Å². The Morgan fingerprint density at radius 1 is 1.16 bits per heavy atom. The summed E-state index contributed by atoms with van der Waals surface area (Å²) in [5.41, 5.74) is 0.999. The number of amides is 1. The van der Waals surface area contributed by atoms with E-state index < -0.39 is 17.6 Å². The topological polar surface area (TPSA) is 79.2 Å². The number of hydrogen-bond donors (Lipinski definition) is 2. The van der Waals surface area contributed by atoms with Crippen LogP contribution < -0.4 is 9.47 Å². The van der Waals surface area contributed by atoms with E-state index in [1.54, 1.807) is 43.2 Å². The molecular formula is C26H33NO5. The summed E-state index contributed by atoms with van der Waals surface area (Å²) < 4.78 is 11.5. The number of benzene rings is 2. The Hall–Kier alpha value is -2.57. The second-order valence-corrected chi connectivity index (χ2v) is 9.43. The third kappa shape index (κ3) is 4.48. The molecule has 1 saturated heterocycles. The van der Waals surface area contributed by atoms with Crippen LogP contribution in [0.25, 0.3) is 0 Å². The van der Waals surface area contributed by atoms with E-state index in [1.165, 1.54) is 12.8 Å². The van der Waals surface area contributed by atoms with Crippen molar-refractivity contribution in [3.05, 3.63) is 59.7 Å². The fourth-order valence-corrected chi connectivity index (χ4v) is 4.56. The van der Waals surface area contributed by atoms with Gasteiger partial charge in [-0.25, -0.2) is 0 Å². The number of rotatable bonds is 8. The first kappa shape index (κ1) is 22.6. The monoisotopic (exact) mass is 439 g/mol. The third-order valence-corrected chi connectivity index (χ3v) is 7.11. The largest absolute Gasteiger partial charge is 0.493 e. The molecule has 6 heteroatoms. The van der Waals surface area contributed by atoms with Gasteiger partial charge in [-0.15, -0.1) is 0 Å². The predicted molar refractivity (Wildman–Crippen MR) is 122 cm³/mol. The van der Waals surface area contributed by atoms with Gasteiger partial charge in [0.25, 0.3) is 5.91 Å². The van der Waals surface area contributed by atoms with E-state index >= 15 is 0 Å². The molecule has 2 aromatic rings. The van der Waals surface area contributed by atoms with Crippen LogP contribution in [0.4, 0.5) is 0 Å². The maximum Gasteiger partial charge on any atom is 0.256 e. The van der Waals surface area contributed by atoms with Crippen LogP contribution in [0.2, 0.25) is 0 Å². The zero-order valence-electron chi connectivity index (χ0n) is 19.0. The summed E-state index contributed by atoms with van der Waals surface area (Å²) in [4.78, 5) is 14.8. The molecule has 172 valence electrons. The lowest BCUT2D eigenvalue weighted by Gasteiger charge is -2.34. The van der Waals surface area contributed by atoms with Gasteiger partial charge in [0.1, 0.15) is 0 Å². The minimum Gasteiger partial charge on any atom is -0.493 e. The van der Waals surface area contributed by atoms with E-state index in [2.05, 4.69) is 0 Å². The Bertz CT molecular complexity index is 942. The molecule has 1 saturated carbocycles. The van der Waals surface area contributed by atoms with Gasteiger partial charge in [0.15, 0.2) is 17.6 Å². The number of aliphatic hydroxyl groups is 2. The van der Waals surface area contributed by atoms with Crippen LogP contribution in [0.3, 0.4) is 0 Å². The zero-order valence-corrected chi connectivity index (χ0v) is 19.0. The molecule has 1 unspecified atom stereocenters. The van der Waals surface area contributed by atoms with E-state index in [-0.39, 0.29) is 11.8 Å². The van der Waals surface area contributed by atoms with Crippen molar-refractivity contribution in [2.45, 2.75) is 44.8 Å². The molecule has 4 rings (SSSR count). The highest BCUT2D eigenvalue weighted by Gasteiger charge is 2.49. The maximum absolute atomic E-state index is 13.1. The quantitative estimate of drug-likeness (QED) is 0.658. The Balaban J connectivity index is 1.59. The molecule has 2 aromatic carbocycles. The van der Waals surface area contributed by atoms with Gasteiger partial charge in [-0.2, -0.15) is 0 Å². The number of carbonyl (C=O) groups excluding carboxylic acids is 1. The first-order valence-electron chi connectivity index (χ1n) is 11.3. The van der Waals surface area contributed by atoms with Crippen molar-refractivity contribution in [1.82, 2.24) is 4.90 Å². The summed E-state index contributed by atoms with van der Waals surface area (Å²) in [6.45, 7) is 5.22. The van der Waals surface area contributed by atoms with Gasteiger partial charge in [0.05, 0.1) is 19.8 Å². The van der Waals surface area contributed by atoms with Gasteiger partial charge in [-0.3, -0.25) is 4.79 Å². The Labute approximate surface area is 189 Å². The van der Waals surface area contributed by atoms with Crippen molar-refractivity contribution in [2.75, 3.05) is 26.8 Å². The molecule has 2 N–H and O–H groups in total. The van der Waals surface area contributed by atoms with Gasteiger partial charge >= 0.3 is 0 Å². The molecule has 2 aliphatic rings. The van der Waals surface area contributed by atoms with Gasteiger partial charge in [-0.05, 0) is 48.9 Å². The van der Waals surface area contributed by atoms with E-state index in [1.807, 2.05) is 31.2 Å². The van der Waals surface area contributed by atoms with Crippen LogP contribution in [0, 0.1) is 11.3 Å². The number of likely N-dealkylation sites (tertiary alicyclic amines) is 1. The molecule has 32 heavy (non-hydrogen) atoms. The normalized spacial score (nSPS) is 24.8. The summed E-state index contributed by atoms with van der Waals surface area (Å²) in [6, 6.07) is 14.8. The summed E-state index contributed by atoms with van der Waals surface area (Å²) >= 11 is 0. The summed E-state index contributed by atoms with van der Waals surface area (Å²) in [7, 11) is 1.62. The molecule has 0 bridgehead atoms.